The van der Waals surface area contributed by atoms with Crippen molar-refractivity contribution in [1.82, 2.24) is 0 Å². The lowest BCUT2D eigenvalue weighted by Gasteiger charge is -2.18. The summed E-state index contributed by atoms with van der Waals surface area (Å²) in [6.45, 7) is 0. The Balaban J connectivity index is 1.02. The second-order valence-electron chi connectivity index (χ2n) is 13.2. The zero-order chi connectivity index (χ0) is 32.8. The van der Waals surface area contributed by atoms with Crippen molar-refractivity contribution in [2.75, 3.05) is 0 Å². The van der Waals surface area contributed by atoms with Crippen LogP contribution in [0, 0.1) is 0 Å². The fourth-order valence-electron chi connectivity index (χ4n) is 8.11. The Morgan fingerprint density at radius 2 is 0.660 bits per heavy atom. The van der Waals surface area contributed by atoms with Gasteiger partial charge in [-0.25, -0.2) is 0 Å². The van der Waals surface area contributed by atoms with Gasteiger partial charge in [-0.3, -0.25) is 0 Å². The summed E-state index contributed by atoms with van der Waals surface area (Å²) in [6, 6.07) is 63.1. The fraction of sp³-hybridized carbons (Fsp3) is 0. The van der Waals surface area contributed by atoms with Crippen molar-refractivity contribution in [3.63, 3.8) is 0 Å². The van der Waals surface area contributed by atoms with Crippen molar-refractivity contribution in [1.29, 1.82) is 0 Å². The van der Waals surface area contributed by atoms with E-state index in [-0.39, 0.29) is 0 Å². The van der Waals surface area contributed by atoms with Gasteiger partial charge in [-0.15, -0.1) is 22.7 Å². The molecule has 0 bridgehead atoms. The van der Waals surface area contributed by atoms with Crippen LogP contribution >= 0.6 is 22.7 Å². The predicted molar refractivity (Wildman–Crippen MR) is 221 cm³/mol. The summed E-state index contributed by atoms with van der Waals surface area (Å²) in [4.78, 5) is 0. The van der Waals surface area contributed by atoms with Gasteiger partial charge in [0, 0.05) is 40.3 Å². The number of hydrogen-bond acceptors (Lipinski definition) is 2. The van der Waals surface area contributed by atoms with Crippen LogP contribution in [0.5, 0.6) is 0 Å². The molecule has 0 aliphatic rings. The predicted octanol–water partition coefficient (Wildman–Crippen LogP) is 14.9. The molecule has 2 aromatic heterocycles. The number of thiophene rings is 2. The fourth-order valence-corrected chi connectivity index (χ4v) is 10.4. The van der Waals surface area contributed by atoms with Crippen LogP contribution in [0.1, 0.15) is 0 Å². The lowest BCUT2D eigenvalue weighted by atomic mass is 9.86. The highest BCUT2D eigenvalue weighted by atomic mass is 32.1. The zero-order valence-electron chi connectivity index (χ0n) is 27.0. The van der Waals surface area contributed by atoms with E-state index in [1.807, 2.05) is 22.7 Å². The van der Waals surface area contributed by atoms with Crippen molar-refractivity contribution >= 4 is 95.3 Å². The molecule has 50 heavy (non-hydrogen) atoms. The SMILES string of the molecule is c1ccc(-c2c3ccccc3c(-c3ccc(-c4ccc5c(c4)sc4cc6cc7sc8ccccc8c7cc6cc45)cc3)c3ccccc23)cc1. The third-order valence-corrected chi connectivity index (χ3v) is 12.7. The van der Waals surface area contributed by atoms with E-state index in [4.69, 9.17) is 0 Å². The van der Waals surface area contributed by atoms with E-state index in [1.54, 1.807) is 0 Å². The molecule has 0 unspecified atom stereocenters. The first-order valence-electron chi connectivity index (χ1n) is 17.1. The van der Waals surface area contributed by atoms with Gasteiger partial charge >= 0.3 is 0 Å². The van der Waals surface area contributed by atoms with Gasteiger partial charge in [0.25, 0.3) is 0 Å². The molecule has 11 rings (SSSR count). The van der Waals surface area contributed by atoms with Crippen LogP contribution in [0.4, 0.5) is 0 Å². The van der Waals surface area contributed by atoms with Crippen LogP contribution in [0.15, 0.2) is 170 Å². The molecule has 0 saturated carbocycles. The van der Waals surface area contributed by atoms with E-state index >= 15 is 0 Å². The van der Waals surface area contributed by atoms with Crippen LogP contribution in [0.3, 0.4) is 0 Å². The molecule has 9 aromatic carbocycles. The maximum atomic E-state index is 2.40. The first-order valence-corrected chi connectivity index (χ1v) is 18.7. The van der Waals surface area contributed by atoms with E-state index < -0.39 is 0 Å². The molecular weight excluding hydrogens is 641 g/mol. The molecule has 0 aliphatic carbocycles. The maximum Gasteiger partial charge on any atom is 0.0361 e. The third kappa shape index (κ3) is 4.23. The Kier molecular flexibility index (Phi) is 6.09. The highest BCUT2D eigenvalue weighted by molar-refractivity contribution is 7.26. The Morgan fingerprint density at radius 1 is 0.240 bits per heavy atom. The summed E-state index contributed by atoms with van der Waals surface area (Å²) in [5, 5.41) is 13.1. The minimum absolute atomic E-state index is 1.24. The quantitative estimate of drug-likeness (QED) is 0.164. The monoisotopic (exact) mass is 668 g/mol. The third-order valence-electron chi connectivity index (χ3n) is 10.4. The minimum Gasteiger partial charge on any atom is -0.135 e. The Morgan fingerprint density at radius 3 is 1.28 bits per heavy atom. The molecule has 0 amide bonds. The van der Waals surface area contributed by atoms with Crippen LogP contribution in [0.25, 0.3) is 106 Å². The van der Waals surface area contributed by atoms with E-state index in [9.17, 15) is 0 Å². The maximum absolute atomic E-state index is 2.40. The molecule has 11 aromatic rings. The number of benzene rings is 9. The van der Waals surface area contributed by atoms with Crippen molar-refractivity contribution in [3.8, 4) is 33.4 Å². The highest BCUT2D eigenvalue weighted by Gasteiger charge is 2.17. The molecule has 0 atom stereocenters. The molecule has 0 saturated heterocycles. The first kappa shape index (κ1) is 28.1. The van der Waals surface area contributed by atoms with Gasteiger partial charge in [0.1, 0.15) is 0 Å². The molecular formula is C48H28S2. The summed E-state index contributed by atoms with van der Waals surface area (Å²) in [6.07, 6.45) is 0. The lowest BCUT2D eigenvalue weighted by Crippen LogP contribution is -1.90. The standard InChI is InChI=1S/C48H28S2/c1-2-10-30(11-3-1)47-37-13-4-6-15-39(37)48(40-16-7-5-14-38(40)47)31-20-18-29(19-21-31)32-22-23-36-42-25-33-24-41-35-12-8-9-17-43(35)49-45(41)27-34(33)28-46(42)50-44(36)26-32/h1-28H. The first-order chi connectivity index (χ1) is 24.8. The van der Waals surface area contributed by atoms with Gasteiger partial charge < -0.3 is 0 Å². The Labute approximate surface area is 297 Å². The van der Waals surface area contributed by atoms with Crippen LogP contribution in [-0.4, -0.2) is 0 Å². The Bertz CT molecular complexity index is 3070. The van der Waals surface area contributed by atoms with Crippen LogP contribution in [0.2, 0.25) is 0 Å². The summed E-state index contributed by atoms with van der Waals surface area (Å²) >= 11 is 3.79. The number of fused-ring (bicyclic) bond motifs is 9. The largest absolute Gasteiger partial charge is 0.135 e. The summed E-state index contributed by atoms with van der Waals surface area (Å²) in [5.41, 5.74) is 7.57. The van der Waals surface area contributed by atoms with E-state index in [1.165, 1.54) is 106 Å². The summed E-state index contributed by atoms with van der Waals surface area (Å²) in [5.74, 6) is 0. The number of hydrogen-bond donors (Lipinski definition) is 0. The van der Waals surface area contributed by atoms with Gasteiger partial charge in [0.05, 0.1) is 0 Å². The van der Waals surface area contributed by atoms with Gasteiger partial charge in [0.2, 0.25) is 0 Å². The van der Waals surface area contributed by atoms with Crippen molar-refractivity contribution in [2.24, 2.45) is 0 Å². The van der Waals surface area contributed by atoms with E-state index in [0.29, 0.717) is 0 Å². The normalized spacial score (nSPS) is 12.0. The van der Waals surface area contributed by atoms with Crippen molar-refractivity contribution in [2.45, 2.75) is 0 Å². The number of rotatable bonds is 3. The molecule has 2 heteroatoms. The van der Waals surface area contributed by atoms with Gasteiger partial charge in [-0.2, -0.15) is 0 Å². The summed E-state index contributed by atoms with van der Waals surface area (Å²) in [7, 11) is 0. The van der Waals surface area contributed by atoms with Crippen molar-refractivity contribution < 1.29 is 0 Å². The molecule has 0 nitrogen and oxygen atoms in total. The molecule has 2 heterocycles. The van der Waals surface area contributed by atoms with Gasteiger partial charge in [-0.05, 0) is 102 Å². The smallest absolute Gasteiger partial charge is 0.0361 e. The molecule has 0 fully saturated rings. The van der Waals surface area contributed by atoms with E-state index in [0.717, 1.165) is 0 Å². The average molecular weight is 669 g/mol. The minimum atomic E-state index is 1.24. The molecule has 232 valence electrons. The molecule has 0 spiro atoms. The highest BCUT2D eigenvalue weighted by Crippen LogP contribution is 2.45. The Hall–Kier alpha value is -5.80. The van der Waals surface area contributed by atoms with Crippen LogP contribution in [-0.2, 0) is 0 Å². The van der Waals surface area contributed by atoms with E-state index in [2.05, 4.69) is 170 Å². The second kappa shape index (κ2) is 10.9. The zero-order valence-corrected chi connectivity index (χ0v) is 28.6. The molecule has 0 aliphatic heterocycles. The molecule has 0 radical (unpaired) electrons. The average Bonchev–Trinajstić information content (AvgIpc) is 3.72. The topological polar surface area (TPSA) is 0 Å². The van der Waals surface area contributed by atoms with Crippen molar-refractivity contribution in [3.05, 3.63) is 170 Å². The lowest BCUT2D eigenvalue weighted by molar-refractivity contribution is 1.63. The molecule has 0 N–H and O–H groups in total. The van der Waals surface area contributed by atoms with Gasteiger partial charge in [-0.1, -0.05) is 133 Å². The van der Waals surface area contributed by atoms with Gasteiger partial charge in [0.15, 0.2) is 0 Å². The van der Waals surface area contributed by atoms with Crippen LogP contribution < -0.4 is 0 Å². The second-order valence-corrected chi connectivity index (χ2v) is 15.4. The summed E-state index contributed by atoms with van der Waals surface area (Å²) < 4.78 is 5.39.